The predicted octanol–water partition coefficient (Wildman–Crippen LogP) is -1.48. The van der Waals surface area contributed by atoms with Crippen molar-refractivity contribution in [2.45, 2.75) is 24.2 Å². The Balaban J connectivity index is 0. The average molecular weight is 270 g/mol. The minimum absolute atomic E-state index is 0. The summed E-state index contributed by atoms with van der Waals surface area (Å²) < 4.78 is 94.3. The fourth-order valence-electron chi connectivity index (χ4n) is 0.472. The summed E-state index contributed by atoms with van der Waals surface area (Å²) in [5.74, 6) is -18.3. The Labute approximate surface area is 121 Å². The maximum Gasteiger partial charge on any atom is 1.00 e. The summed E-state index contributed by atoms with van der Waals surface area (Å²) in [4.78, 5) is 0. The molecule has 0 bridgehead atoms. The minimum Gasteiger partial charge on any atom is -0.850 e. The Hall–Kier alpha value is 1.04. The third-order valence-corrected chi connectivity index (χ3v) is 1.33. The molecule has 0 aliphatic heterocycles. The van der Waals surface area contributed by atoms with Crippen molar-refractivity contribution in [1.82, 2.24) is 0 Å². The van der Waals surface area contributed by atoms with Gasteiger partial charge in [0.2, 0.25) is 0 Å². The SMILES string of the molecule is [K+].[O-]CC(F)(F)C(F)(F)C(F)(F)C(F)F. The number of hydrogen-bond donors (Lipinski definition) is 0. The van der Waals surface area contributed by atoms with E-state index in [2.05, 4.69) is 0 Å². The van der Waals surface area contributed by atoms with Gasteiger partial charge in [-0.05, 0) is 0 Å². The molecule has 1 nitrogen and oxygen atoms in total. The van der Waals surface area contributed by atoms with Crippen LogP contribution in [0.15, 0.2) is 0 Å². The second-order valence-corrected chi connectivity index (χ2v) is 2.35. The Morgan fingerprint density at radius 3 is 1.47 bits per heavy atom. The molecule has 0 heterocycles. The molecule has 10 heteroatoms. The summed E-state index contributed by atoms with van der Waals surface area (Å²) in [7, 11) is 0. The summed E-state index contributed by atoms with van der Waals surface area (Å²) in [6, 6.07) is 0. The zero-order chi connectivity index (χ0) is 11.8. The molecule has 0 aliphatic carbocycles. The summed E-state index contributed by atoms with van der Waals surface area (Å²) >= 11 is 0. The Morgan fingerprint density at radius 2 is 1.27 bits per heavy atom. The Kier molecular flexibility index (Phi) is 6.85. The molecule has 0 aromatic heterocycles. The molecule has 0 fully saturated rings. The number of rotatable bonds is 4. The third kappa shape index (κ3) is 3.25. The molecule has 0 spiro atoms. The predicted molar refractivity (Wildman–Crippen MR) is 25.7 cm³/mol. The molecule has 0 saturated heterocycles. The van der Waals surface area contributed by atoms with Gasteiger partial charge in [-0.3, -0.25) is 0 Å². The second kappa shape index (κ2) is 5.58. The van der Waals surface area contributed by atoms with Crippen molar-refractivity contribution in [1.29, 1.82) is 0 Å². The summed E-state index contributed by atoms with van der Waals surface area (Å²) in [6.07, 6.45) is -4.98. The van der Waals surface area contributed by atoms with Crippen molar-refractivity contribution in [3.8, 4) is 0 Å². The maximum atomic E-state index is 12.1. The Morgan fingerprint density at radius 1 is 0.933 bits per heavy atom. The minimum atomic E-state index is -6.37. The van der Waals surface area contributed by atoms with Crippen LogP contribution in [0.2, 0.25) is 0 Å². The molecule has 0 saturated carbocycles. The number of halogens is 8. The van der Waals surface area contributed by atoms with Crippen molar-refractivity contribution >= 4 is 0 Å². The van der Waals surface area contributed by atoms with Crippen molar-refractivity contribution in [3.63, 3.8) is 0 Å². The van der Waals surface area contributed by atoms with E-state index in [1.54, 1.807) is 0 Å². The first kappa shape index (κ1) is 18.4. The molecule has 15 heavy (non-hydrogen) atoms. The van der Waals surface area contributed by atoms with Crippen molar-refractivity contribution in [2.24, 2.45) is 0 Å². The monoisotopic (exact) mass is 270 g/mol. The van der Waals surface area contributed by atoms with Gasteiger partial charge in [-0.2, -0.15) is 17.6 Å². The zero-order valence-electron chi connectivity index (χ0n) is 7.22. The van der Waals surface area contributed by atoms with E-state index in [1.165, 1.54) is 0 Å². The van der Waals surface area contributed by atoms with Crippen molar-refractivity contribution in [3.05, 3.63) is 0 Å². The molecular weight excluding hydrogens is 267 g/mol. The van der Waals surface area contributed by atoms with E-state index in [1.807, 2.05) is 0 Å². The van der Waals surface area contributed by atoms with E-state index < -0.39 is 30.8 Å². The van der Waals surface area contributed by atoms with Crippen LogP contribution in [0.3, 0.4) is 0 Å². The largest absolute Gasteiger partial charge is 1.00 e. The average Bonchev–Trinajstić information content (AvgIpc) is 2.03. The summed E-state index contributed by atoms with van der Waals surface area (Å²) in [5.41, 5.74) is 0. The molecule has 0 aliphatic rings. The van der Waals surface area contributed by atoms with Gasteiger partial charge in [0.1, 0.15) is 0 Å². The summed E-state index contributed by atoms with van der Waals surface area (Å²) in [6.45, 7) is -2.90. The Bertz CT molecular complexity index is 205. The van der Waals surface area contributed by atoms with Gasteiger partial charge in [-0.25, -0.2) is 17.6 Å². The van der Waals surface area contributed by atoms with Crippen LogP contribution in [0.4, 0.5) is 35.1 Å². The standard InChI is InChI=1S/C5H3F8O.K/c6-2(7)4(10,11)5(12,13)3(8,9)1-14;/h2H,1H2;/q-1;+1. The van der Waals surface area contributed by atoms with Crippen molar-refractivity contribution in [2.75, 3.05) is 6.61 Å². The first-order valence-electron chi connectivity index (χ1n) is 3.00. The molecular formula is C5H3F8KO. The fraction of sp³-hybridized carbons (Fsp3) is 1.00. The van der Waals surface area contributed by atoms with Gasteiger partial charge >= 0.3 is 75.6 Å². The van der Waals surface area contributed by atoms with Crippen LogP contribution >= 0.6 is 0 Å². The topological polar surface area (TPSA) is 23.1 Å². The molecule has 0 radical (unpaired) electrons. The number of hydrogen-bond acceptors (Lipinski definition) is 1. The van der Waals surface area contributed by atoms with Crippen LogP contribution in [0.1, 0.15) is 0 Å². The van der Waals surface area contributed by atoms with Gasteiger partial charge in [0.15, 0.2) is 0 Å². The van der Waals surface area contributed by atoms with Gasteiger partial charge in [-0.1, -0.05) is 6.61 Å². The van der Waals surface area contributed by atoms with E-state index in [4.69, 9.17) is 0 Å². The van der Waals surface area contributed by atoms with E-state index in [0.29, 0.717) is 0 Å². The third-order valence-electron chi connectivity index (χ3n) is 1.33. The van der Waals surface area contributed by atoms with E-state index in [-0.39, 0.29) is 51.4 Å². The van der Waals surface area contributed by atoms with Crippen LogP contribution in [-0.2, 0) is 0 Å². The smallest absolute Gasteiger partial charge is 0.850 e. The van der Waals surface area contributed by atoms with Gasteiger partial charge in [-0.15, -0.1) is 0 Å². The normalized spacial score (nSPS) is 14.0. The molecule has 0 unspecified atom stereocenters. The van der Waals surface area contributed by atoms with E-state index in [0.717, 1.165) is 0 Å². The van der Waals surface area contributed by atoms with Crippen LogP contribution in [-0.4, -0.2) is 30.8 Å². The first-order chi connectivity index (χ1) is 6.00. The molecule has 0 aromatic rings. The second-order valence-electron chi connectivity index (χ2n) is 2.35. The van der Waals surface area contributed by atoms with Gasteiger partial charge in [0.25, 0.3) is 0 Å². The van der Waals surface area contributed by atoms with Crippen LogP contribution in [0, 0.1) is 0 Å². The molecule has 0 rings (SSSR count). The number of alkyl halides is 8. The van der Waals surface area contributed by atoms with Gasteiger partial charge in [0.05, 0.1) is 0 Å². The first-order valence-corrected chi connectivity index (χ1v) is 3.00. The molecule has 86 valence electrons. The molecule has 0 amide bonds. The van der Waals surface area contributed by atoms with Crippen LogP contribution < -0.4 is 56.5 Å². The maximum absolute atomic E-state index is 12.1. The van der Waals surface area contributed by atoms with Crippen LogP contribution in [0.5, 0.6) is 0 Å². The quantitative estimate of drug-likeness (QED) is 0.451. The fourth-order valence-corrected chi connectivity index (χ4v) is 0.472. The zero-order valence-corrected chi connectivity index (χ0v) is 10.3. The van der Waals surface area contributed by atoms with Gasteiger partial charge < -0.3 is 5.11 Å². The molecule has 0 atom stereocenters. The van der Waals surface area contributed by atoms with Crippen LogP contribution in [0.25, 0.3) is 0 Å². The summed E-state index contributed by atoms with van der Waals surface area (Å²) in [5, 5.41) is 9.46. The molecule has 0 aromatic carbocycles. The van der Waals surface area contributed by atoms with E-state index in [9.17, 15) is 40.2 Å². The van der Waals surface area contributed by atoms with Crippen molar-refractivity contribution < 1.29 is 91.6 Å². The van der Waals surface area contributed by atoms with Gasteiger partial charge in [0, 0.05) is 0 Å². The molecule has 0 N–H and O–H groups in total. The van der Waals surface area contributed by atoms with E-state index >= 15 is 0 Å².